The van der Waals surface area contributed by atoms with Gasteiger partial charge in [0.05, 0.1) is 18.8 Å². The van der Waals surface area contributed by atoms with Crippen LogP contribution in [0.25, 0.3) is 0 Å². The molecule has 42 heavy (non-hydrogen) atoms. The topological polar surface area (TPSA) is 86.7 Å². The standard InChI is InChI=1S/C34H45FN4O3/c1-4-8-39-9-6-7-10-42-31-16-26(15-30(35)18-31)17-32(38-34(41)29-12-24(3)11-27(14-29)23-39)33(40)22-37-21-28-13-25(5-2)19-36-20-28/h11-16,18-20,32-33,37,40H,4-10,17,21-23H2,1-3H3,(H,38,41). The highest BCUT2D eigenvalue weighted by molar-refractivity contribution is 5.94. The molecular formula is C34H45FN4O3. The highest BCUT2D eigenvalue weighted by atomic mass is 19.1. The SMILES string of the molecule is CCCN1CCCCOc2cc(F)cc(c2)CC(C(O)CNCc2cncc(CC)c2)NC(=O)c2cc(C)cc(c2)C1. The van der Waals surface area contributed by atoms with E-state index in [-0.39, 0.29) is 18.9 Å². The van der Waals surface area contributed by atoms with Gasteiger partial charge in [-0.1, -0.05) is 31.5 Å². The largest absolute Gasteiger partial charge is 0.493 e. The zero-order valence-electron chi connectivity index (χ0n) is 25.2. The summed E-state index contributed by atoms with van der Waals surface area (Å²) in [4.78, 5) is 20.3. The van der Waals surface area contributed by atoms with E-state index >= 15 is 0 Å². The number of rotatable bonds is 8. The van der Waals surface area contributed by atoms with Crippen molar-refractivity contribution < 1.29 is 19.0 Å². The zero-order chi connectivity index (χ0) is 29.9. The minimum atomic E-state index is -0.921. The summed E-state index contributed by atoms with van der Waals surface area (Å²) in [6.45, 7) is 10.2. The molecule has 1 aliphatic rings. The van der Waals surface area contributed by atoms with Crippen LogP contribution in [-0.2, 0) is 25.9 Å². The van der Waals surface area contributed by atoms with Crippen molar-refractivity contribution in [3.8, 4) is 5.75 Å². The van der Waals surface area contributed by atoms with Crippen molar-refractivity contribution in [2.75, 3.05) is 26.2 Å². The van der Waals surface area contributed by atoms with Gasteiger partial charge in [0.1, 0.15) is 11.6 Å². The molecule has 0 saturated carbocycles. The van der Waals surface area contributed by atoms with Gasteiger partial charge in [-0.05, 0) is 98.6 Å². The Hall–Kier alpha value is -3.33. The van der Waals surface area contributed by atoms with E-state index < -0.39 is 18.0 Å². The third kappa shape index (κ3) is 9.61. The Balaban J connectivity index is 1.57. The number of hydrogen-bond acceptors (Lipinski definition) is 6. The molecule has 2 heterocycles. The number of nitrogens with zero attached hydrogens (tertiary/aromatic N) is 2. The van der Waals surface area contributed by atoms with Crippen molar-refractivity contribution >= 4 is 5.91 Å². The molecule has 4 bridgehead atoms. The fourth-order valence-corrected chi connectivity index (χ4v) is 5.51. The molecule has 8 heteroatoms. The van der Waals surface area contributed by atoms with Gasteiger partial charge in [0.15, 0.2) is 0 Å². The van der Waals surface area contributed by atoms with Crippen molar-refractivity contribution in [2.45, 2.75) is 78.1 Å². The number of aryl methyl sites for hydroxylation is 2. The molecule has 0 radical (unpaired) electrons. The van der Waals surface area contributed by atoms with E-state index in [0.29, 0.717) is 30.0 Å². The predicted octanol–water partition coefficient (Wildman–Crippen LogP) is 4.97. The molecule has 4 rings (SSSR count). The number of carbonyl (C=O) groups excluding carboxylic acids is 1. The van der Waals surface area contributed by atoms with Crippen LogP contribution in [0.1, 0.15) is 71.3 Å². The van der Waals surface area contributed by atoms with Gasteiger partial charge in [0.2, 0.25) is 0 Å². The number of nitrogens with one attached hydrogen (secondary N) is 2. The second-order valence-electron chi connectivity index (χ2n) is 11.4. The Morgan fingerprint density at radius 3 is 2.74 bits per heavy atom. The first kappa shape index (κ1) is 31.6. The Morgan fingerprint density at radius 2 is 1.93 bits per heavy atom. The van der Waals surface area contributed by atoms with Crippen molar-refractivity contribution in [3.05, 3.63) is 94.1 Å². The fraction of sp³-hybridized carbons (Fsp3) is 0.471. The highest BCUT2D eigenvalue weighted by Gasteiger charge is 2.24. The molecule has 1 aromatic heterocycles. The van der Waals surface area contributed by atoms with E-state index in [1.165, 1.54) is 12.1 Å². The Morgan fingerprint density at radius 1 is 1.10 bits per heavy atom. The summed E-state index contributed by atoms with van der Waals surface area (Å²) in [5.74, 6) is -0.204. The smallest absolute Gasteiger partial charge is 0.251 e. The van der Waals surface area contributed by atoms with E-state index in [1.807, 2.05) is 25.3 Å². The third-order valence-electron chi connectivity index (χ3n) is 7.59. The summed E-state index contributed by atoms with van der Waals surface area (Å²) < 4.78 is 20.5. The first-order chi connectivity index (χ1) is 20.3. The maximum atomic E-state index is 14.6. The molecular weight excluding hydrogens is 531 g/mol. The van der Waals surface area contributed by atoms with Crippen LogP contribution in [0.4, 0.5) is 4.39 Å². The van der Waals surface area contributed by atoms with E-state index in [4.69, 9.17) is 4.74 Å². The summed E-state index contributed by atoms with van der Waals surface area (Å²) in [6.07, 6.45) is 6.73. The third-order valence-corrected chi connectivity index (χ3v) is 7.59. The van der Waals surface area contributed by atoms with Crippen molar-refractivity contribution in [3.63, 3.8) is 0 Å². The molecule has 0 fully saturated rings. The number of aromatic nitrogens is 1. The van der Waals surface area contributed by atoms with E-state index in [9.17, 15) is 14.3 Å². The normalized spacial score (nSPS) is 17.6. The average Bonchev–Trinajstić information content (AvgIpc) is 2.95. The number of aliphatic hydroxyl groups is 1. The fourth-order valence-electron chi connectivity index (χ4n) is 5.51. The van der Waals surface area contributed by atoms with Crippen LogP contribution in [0.3, 0.4) is 0 Å². The minimum absolute atomic E-state index is 0.241. The maximum absolute atomic E-state index is 14.6. The second-order valence-corrected chi connectivity index (χ2v) is 11.4. The summed E-state index contributed by atoms with van der Waals surface area (Å²) in [7, 11) is 0. The Bertz CT molecular complexity index is 1320. The monoisotopic (exact) mass is 576 g/mol. The molecule has 0 spiro atoms. The summed E-state index contributed by atoms with van der Waals surface area (Å²) in [5.41, 5.74) is 5.48. The molecule has 0 saturated heterocycles. The van der Waals surface area contributed by atoms with Crippen molar-refractivity contribution in [1.82, 2.24) is 20.5 Å². The molecule has 1 aliphatic heterocycles. The van der Waals surface area contributed by atoms with Gasteiger partial charge in [0, 0.05) is 43.7 Å². The molecule has 226 valence electrons. The quantitative estimate of drug-likeness (QED) is 0.351. The second kappa shape index (κ2) is 15.8. The van der Waals surface area contributed by atoms with Crippen molar-refractivity contribution in [2.24, 2.45) is 0 Å². The van der Waals surface area contributed by atoms with Gasteiger partial charge in [-0.25, -0.2) is 4.39 Å². The van der Waals surface area contributed by atoms with Gasteiger partial charge in [0.25, 0.3) is 5.91 Å². The average molecular weight is 577 g/mol. The lowest BCUT2D eigenvalue weighted by Crippen LogP contribution is -2.48. The lowest BCUT2D eigenvalue weighted by molar-refractivity contribution is 0.0829. The number of pyridine rings is 1. The Labute approximate surface area is 249 Å². The van der Waals surface area contributed by atoms with E-state index in [0.717, 1.165) is 67.6 Å². The zero-order valence-corrected chi connectivity index (χ0v) is 25.2. The van der Waals surface area contributed by atoms with Gasteiger partial charge in [-0.2, -0.15) is 0 Å². The molecule has 1 amide bonds. The lowest BCUT2D eigenvalue weighted by atomic mass is 9.99. The predicted molar refractivity (Wildman–Crippen MR) is 164 cm³/mol. The maximum Gasteiger partial charge on any atom is 0.251 e. The van der Waals surface area contributed by atoms with Gasteiger partial charge in [-0.15, -0.1) is 0 Å². The molecule has 2 aromatic carbocycles. The van der Waals surface area contributed by atoms with Crippen LogP contribution in [0, 0.1) is 12.7 Å². The van der Waals surface area contributed by atoms with Gasteiger partial charge < -0.3 is 20.5 Å². The number of aliphatic hydroxyl groups excluding tert-OH is 1. The molecule has 3 N–H and O–H groups in total. The van der Waals surface area contributed by atoms with E-state index in [2.05, 4.69) is 46.5 Å². The number of fused-ring (bicyclic) bond motifs is 4. The molecule has 7 nitrogen and oxygen atoms in total. The van der Waals surface area contributed by atoms with Crippen LogP contribution < -0.4 is 15.4 Å². The molecule has 2 atom stereocenters. The number of amides is 1. The molecule has 2 unspecified atom stereocenters. The van der Waals surface area contributed by atoms with Crippen LogP contribution in [0.2, 0.25) is 0 Å². The summed E-state index contributed by atoms with van der Waals surface area (Å²) >= 11 is 0. The molecule has 0 aliphatic carbocycles. The van der Waals surface area contributed by atoms with E-state index in [1.54, 1.807) is 12.3 Å². The number of carbonyl (C=O) groups is 1. The summed E-state index contributed by atoms with van der Waals surface area (Å²) in [6, 6.07) is 12.0. The van der Waals surface area contributed by atoms with Gasteiger partial charge >= 0.3 is 0 Å². The van der Waals surface area contributed by atoms with Crippen LogP contribution in [0.15, 0.2) is 54.9 Å². The van der Waals surface area contributed by atoms with Crippen LogP contribution >= 0.6 is 0 Å². The lowest BCUT2D eigenvalue weighted by Gasteiger charge is -2.25. The first-order valence-electron chi connectivity index (χ1n) is 15.2. The first-order valence-corrected chi connectivity index (χ1v) is 15.2. The van der Waals surface area contributed by atoms with Crippen LogP contribution in [-0.4, -0.2) is 59.3 Å². The molecule has 3 aromatic rings. The van der Waals surface area contributed by atoms with Crippen LogP contribution in [0.5, 0.6) is 5.75 Å². The minimum Gasteiger partial charge on any atom is -0.493 e. The van der Waals surface area contributed by atoms with Crippen molar-refractivity contribution in [1.29, 1.82) is 0 Å². The number of halogens is 1. The number of ether oxygens (including phenoxy) is 1. The van der Waals surface area contributed by atoms with Gasteiger partial charge in [-0.3, -0.25) is 14.7 Å². The number of benzene rings is 2. The number of hydrogen-bond donors (Lipinski definition) is 3. The highest BCUT2D eigenvalue weighted by Crippen LogP contribution is 2.20. The summed E-state index contributed by atoms with van der Waals surface area (Å²) in [5, 5.41) is 17.7. The Kier molecular flexibility index (Phi) is 11.9.